The standard InChI is InChI=1S/C27H32N4O9/c1-6-7-40-26(38)29-14-10-15(30(2)3)12-8-11-9-13-19(31(4)5)22(34)18(25(28)37)24(36)27(13,39)23(35)16(11)21(33)17(12)20(14)32/h6,10-11,13,19,32-33,36,39H,1,7-9H2,2-5H3,(H2,28,37)(H,29,38)/t11?,13?,19-,27-/m0/s1. The van der Waals surface area contributed by atoms with Gasteiger partial charge in [0.05, 0.1) is 17.3 Å². The molecule has 13 heteroatoms. The van der Waals surface area contributed by atoms with Gasteiger partial charge in [0.2, 0.25) is 5.78 Å². The number of hydrogen-bond donors (Lipinski definition) is 6. The lowest BCUT2D eigenvalue weighted by atomic mass is 9.57. The van der Waals surface area contributed by atoms with Crippen molar-refractivity contribution < 1.29 is 44.3 Å². The first-order chi connectivity index (χ1) is 18.7. The highest BCUT2D eigenvalue weighted by Crippen LogP contribution is 2.54. The van der Waals surface area contributed by atoms with Crippen LogP contribution in [-0.4, -0.2) is 95.3 Å². The Labute approximate surface area is 229 Å². The van der Waals surface area contributed by atoms with Gasteiger partial charge in [-0.05, 0) is 44.5 Å². The lowest BCUT2D eigenvalue weighted by Crippen LogP contribution is -2.65. The molecule has 0 bridgehead atoms. The van der Waals surface area contributed by atoms with Crippen molar-refractivity contribution in [2.24, 2.45) is 17.6 Å². The molecule has 0 heterocycles. The summed E-state index contributed by atoms with van der Waals surface area (Å²) in [6.45, 7) is 3.37. The zero-order valence-electron chi connectivity index (χ0n) is 22.5. The molecule has 1 aromatic rings. The van der Waals surface area contributed by atoms with Crippen LogP contribution in [0.4, 0.5) is 16.2 Å². The van der Waals surface area contributed by atoms with E-state index in [1.165, 1.54) is 31.1 Å². The van der Waals surface area contributed by atoms with Gasteiger partial charge in [-0.15, -0.1) is 0 Å². The van der Waals surface area contributed by atoms with Crippen LogP contribution in [0.2, 0.25) is 0 Å². The van der Waals surface area contributed by atoms with Gasteiger partial charge in [0.1, 0.15) is 23.7 Å². The largest absolute Gasteiger partial charge is 0.508 e. The fourth-order valence-electron chi connectivity index (χ4n) is 6.07. The van der Waals surface area contributed by atoms with Crippen molar-refractivity contribution in [3.63, 3.8) is 0 Å². The van der Waals surface area contributed by atoms with Gasteiger partial charge in [0.25, 0.3) is 5.91 Å². The van der Waals surface area contributed by atoms with E-state index in [4.69, 9.17) is 10.5 Å². The number of amides is 2. The first-order valence-corrected chi connectivity index (χ1v) is 12.4. The van der Waals surface area contributed by atoms with E-state index in [-0.39, 0.29) is 36.3 Å². The smallest absolute Gasteiger partial charge is 0.412 e. The lowest BCUT2D eigenvalue weighted by molar-refractivity contribution is -0.153. The molecule has 0 saturated heterocycles. The summed E-state index contributed by atoms with van der Waals surface area (Å²) in [6.07, 6.45) is 0.528. The number of nitrogens with two attached hydrogens (primary N) is 1. The maximum absolute atomic E-state index is 14.0. The van der Waals surface area contributed by atoms with Crippen LogP contribution in [0.25, 0.3) is 5.76 Å². The van der Waals surface area contributed by atoms with Crippen LogP contribution in [0.1, 0.15) is 17.5 Å². The Morgan fingerprint density at radius 2 is 1.88 bits per heavy atom. The maximum atomic E-state index is 14.0. The third kappa shape index (κ3) is 4.09. The van der Waals surface area contributed by atoms with Gasteiger partial charge in [0, 0.05) is 31.3 Å². The van der Waals surface area contributed by atoms with E-state index in [1.807, 2.05) is 0 Å². The second-order valence-corrected chi connectivity index (χ2v) is 10.5. The van der Waals surface area contributed by atoms with E-state index in [0.717, 1.165) is 0 Å². The number of rotatable bonds is 6. The number of aliphatic hydroxyl groups excluding tert-OH is 2. The Morgan fingerprint density at radius 1 is 1.23 bits per heavy atom. The second-order valence-electron chi connectivity index (χ2n) is 10.5. The predicted molar refractivity (Wildman–Crippen MR) is 144 cm³/mol. The van der Waals surface area contributed by atoms with Crippen LogP contribution in [-0.2, 0) is 25.5 Å². The monoisotopic (exact) mass is 556 g/mol. The van der Waals surface area contributed by atoms with Crippen LogP contribution in [0.5, 0.6) is 5.75 Å². The number of aliphatic hydroxyl groups is 3. The van der Waals surface area contributed by atoms with Crippen LogP contribution in [0.3, 0.4) is 0 Å². The molecule has 2 unspecified atom stereocenters. The van der Waals surface area contributed by atoms with Crippen molar-refractivity contribution in [1.29, 1.82) is 0 Å². The predicted octanol–water partition coefficient (Wildman–Crippen LogP) is 0.765. The van der Waals surface area contributed by atoms with Crippen LogP contribution in [0, 0.1) is 11.8 Å². The lowest BCUT2D eigenvalue weighted by Gasteiger charge is -2.50. The summed E-state index contributed by atoms with van der Waals surface area (Å²) in [5, 5.41) is 47.6. The fourth-order valence-corrected chi connectivity index (χ4v) is 6.07. The zero-order valence-corrected chi connectivity index (χ0v) is 22.5. The number of hydrogen-bond acceptors (Lipinski definition) is 11. The number of benzene rings is 1. The number of ketones is 2. The van der Waals surface area contributed by atoms with Crippen molar-refractivity contribution in [2.75, 3.05) is 45.0 Å². The average Bonchev–Trinajstić information content (AvgIpc) is 2.85. The van der Waals surface area contributed by atoms with Crippen molar-refractivity contribution in [3.8, 4) is 5.75 Å². The highest BCUT2D eigenvalue weighted by molar-refractivity contribution is 6.24. The molecule has 4 atom stereocenters. The molecule has 7 N–H and O–H groups in total. The van der Waals surface area contributed by atoms with Crippen LogP contribution >= 0.6 is 0 Å². The van der Waals surface area contributed by atoms with E-state index >= 15 is 0 Å². The molecule has 0 spiro atoms. The van der Waals surface area contributed by atoms with Gasteiger partial charge in [-0.2, -0.15) is 0 Å². The molecule has 3 aliphatic carbocycles. The number of phenolic OH excluding ortho intramolecular Hbond substituents is 1. The minimum absolute atomic E-state index is 0.0345. The number of phenols is 1. The van der Waals surface area contributed by atoms with E-state index in [1.54, 1.807) is 19.0 Å². The number of likely N-dealkylation sites (N-methyl/N-ethyl adjacent to an activating group) is 1. The number of carbonyl (C=O) groups is 4. The highest BCUT2D eigenvalue weighted by atomic mass is 16.5. The molecule has 13 nitrogen and oxygen atoms in total. The summed E-state index contributed by atoms with van der Waals surface area (Å²) < 4.78 is 4.92. The number of Topliss-reactive ketones (excluding diaryl/α,β-unsaturated/α-hetero) is 2. The molecule has 214 valence electrons. The zero-order chi connectivity index (χ0) is 29.8. The molecule has 1 aromatic carbocycles. The molecule has 0 aromatic heterocycles. The third-order valence-electron chi connectivity index (χ3n) is 7.75. The van der Waals surface area contributed by atoms with Gasteiger partial charge in [-0.1, -0.05) is 12.7 Å². The number of carbonyl (C=O) groups excluding carboxylic acids is 4. The van der Waals surface area contributed by atoms with E-state index in [9.17, 15) is 39.6 Å². The van der Waals surface area contributed by atoms with Crippen molar-refractivity contribution in [2.45, 2.75) is 24.5 Å². The summed E-state index contributed by atoms with van der Waals surface area (Å²) in [4.78, 5) is 54.6. The van der Waals surface area contributed by atoms with E-state index in [2.05, 4.69) is 11.9 Å². The molecular formula is C27H32N4O9. The third-order valence-corrected chi connectivity index (χ3v) is 7.75. The Balaban J connectivity index is 1.94. The fraction of sp³-hybridized carbons (Fsp3) is 0.407. The first-order valence-electron chi connectivity index (χ1n) is 12.4. The molecule has 1 saturated carbocycles. The van der Waals surface area contributed by atoms with Gasteiger partial charge < -0.3 is 35.8 Å². The Kier molecular flexibility index (Phi) is 7.15. The van der Waals surface area contributed by atoms with Crippen molar-refractivity contribution in [1.82, 2.24) is 4.90 Å². The summed E-state index contributed by atoms with van der Waals surface area (Å²) in [7, 11) is 6.49. The molecule has 4 rings (SSSR count). The minimum Gasteiger partial charge on any atom is -0.508 e. The molecule has 0 aliphatic heterocycles. The van der Waals surface area contributed by atoms with Gasteiger partial charge in [0.15, 0.2) is 17.1 Å². The summed E-state index contributed by atoms with van der Waals surface area (Å²) >= 11 is 0. The molecule has 1 fully saturated rings. The Bertz CT molecular complexity index is 1410. The number of fused-ring (bicyclic) bond motifs is 3. The summed E-state index contributed by atoms with van der Waals surface area (Å²) in [6, 6.07) is 0.315. The second kappa shape index (κ2) is 9.99. The van der Waals surface area contributed by atoms with E-state index in [0.29, 0.717) is 11.3 Å². The number of aromatic hydroxyl groups is 1. The summed E-state index contributed by atoms with van der Waals surface area (Å²) in [5.41, 5.74) is 2.12. The van der Waals surface area contributed by atoms with Gasteiger partial charge in [-0.25, -0.2) is 4.79 Å². The maximum Gasteiger partial charge on any atom is 0.412 e. The molecule has 2 amide bonds. The normalized spacial score (nSPS) is 25.7. The molecular weight excluding hydrogens is 524 g/mol. The van der Waals surface area contributed by atoms with Crippen LogP contribution in [0.15, 0.2) is 35.6 Å². The summed E-state index contributed by atoms with van der Waals surface area (Å²) in [5.74, 6) is -7.54. The quantitative estimate of drug-likeness (QED) is 0.164. The average molecular weight is 557 g/mol. The van der Waals surface area contributed by atoms with Crippen molar-refractivity contribution >= 4 is 40.7 Å². The first kappa shape index (κ1) is 28.6. The van der Waals surface area contributed by atoms with Gasteiger partial charge >= 0.3 is 6.09 Å². The van der Waals surface area contributed by atoms with Crippen molar-refractivity contribution in [3.05, 3.63) is 46.8 Å². The molecule has 0 radical (unpaired) electrons. The number of ether oxygens (including phenoxy) is 1. The topological polar surface area (TPSA) is 203 Å². The Morgan fingerprint density at radius 3 is 2.42 bits per heavy atom. The molecule has 3 aliphatic rings. The van der Waals surface area contributed by atoms with E-state index < -0.39 is 69.9 Å². The number of nitrogens with zero attached hydrogens (tertiary/aromatic N) is 2. The number of primary amides is 1. The SMILES string of the molecule is C=CCOC(=O)Nc1cc(N(C)C)c2c(c1O)C(O)=C1C(=O)[C@]3(O)C(O)=C(C(N)=O)C(=O)[C@@H](N(C)C)C3CC1C2. The number of nitrogens with one attached hydrogen (secondary N) is 1. The minimum atomic E-state index is -2.74. The highest BCUT2D eigenvalue weighted by Gasteiger charge is 2.64. The van der Waals surface area contributed by atoms with Gasteiger partial charge in [-0.3, -0.25) is 24.6 Å². The Hall–Kier alpha value is -4.36. The van der Waals surface area contributed by atoms with Crippen LogP contribution < -0.4 is 16.0 Å². The number of anilines is 2. The molecule has 40 heavy (non-hydrogen) atoms.